The van der Waals surface area contributed by atoms with Gasteiger partial charge in [-0.25, -0.2) is 4.99 Å². The number of nitrogens with one attached hydrogen (secondary N) is 1. The Hall–Kier alpha value is -1.88. The minimum atomic E-state index is -4.73. The summed E-state index contributed by atoms with van der Waals surface area (Å²) < 4.78 is 45.5. The Bertz CT molecular complexity index is 727. The van der Waals surface area contributed by atoms with Crippen LogP contribution in [0.2, 0.25) is 5.02 Å². The molecule has 0 aliphatic carbocycles. The third-order valence-electron chi connectivity index (χ3n) is 2.83. The highest BCUT2D eigenvalue weighted by atomic mass is 127. The molecule has 0 heterocycles. The molecule has 0 aromatic heterocycles. The fraction of sp³-hybridized carbons (Fsp3) is 0.188. The molecule has 0 atom stereocenters. The maximum absolute atomic E-state index is 12.1. The quantitative estimate of drug-likeness (QED) is 0.261. The summed E-state index contributed by atoms with van der Waals surface area (Å²) in [4.78, 5) is 4.05. The lowest BCUT2D eigenvalue weighted by atomic mass is 10.3. The highest BCUT2D eigenvalue weighted by Crippen LogP contribution is 2.24. The molecular formula is C16H16ClF3IN3O2. The van der Waals surface area contributed by atoms with Crippen LogP contribution in [0.25, 0.3) is 0 Å². The van der Waals surface area contributed by atoms with E-state index in [1.165, 1.54) is 24.3 Å². The smallest absolute Gasteiger partial charge is 0.490 e. The van der Waals surface area contributed by atoms with Gasteiger partial charge in [0.25, 0.3) is 0 Å². The van der Waals surface area contributed by atoms with Gasteiger partial charge in [-0.2, -0.15) is 0 Å². The number of hydrogen-bond donors (Lipinski definition) is 2. The van der Waals surface area contributed by atoms with Crippen molar-refractivity contribution >= 4 is 47.2 Å². The number of guanidine groups is 1. The van der Waals surface area contributed by atoms with Crippen LogP contribution in [0, 0.1) is 0 Å². The summed E-state index contributed by atoms with van der Waals surface area (Å²) in [5, 5.41) is 3.25. The number of halogens is 5. The molecule has 0 aliphatic rings. The molecule has 0 amide bonds. The molecule has 0 unspecified atom stereocenters. The van der Waals surface area contributed by atoms with Gasteiger partial charge >= 0.3 is 6.36 Å². The van der Waals surface area contributed by atoms with Crippen molar-refractivity contribution in [2.45, 2.75) is 6.36 Å². The second kappa shape index (κ2) is 10.3. The zero-order chi connectivity index (χ0) is 18.3. The van der Waals surface area contributed by atoms with Crippen LogP contribution in [0.5, 0.6) is 11.5 Å². The van der Waals surface area contributed by atoms with Crippen molar-refractivity contribution in [3.05, 3.63) is 53.6 Å². The van der Waals surface area contributed by atoms with E-state index in [9.17, 15) is 13.2 Å². The van der Waals surface area contributed by atoms with E-state index in [0.29, 0.717) is 16.5 Å². The van der Waals surface area contributed by atoms with Gasteiger partial charge in [-0.15, -0.1) is 37.1 Å². The first kappa shape index (κ1) is 22.2. The van der Waals surface area contributed by atoms with E-state index in [1.54, 1.807) is 24.3 Å². The summed E-state index contributed by atoms with van der Waals surface area (Å²) in [6, 6.07) is 12.2. The van der Waals surface area contributed by atoms with E-state index < -0.39 is 6.36 Å². The number of benzene rings is 2. The van der Waals surface area contributed by atoms with Crippen LogP contribution in [0.15, 0.2) is 53.5 Å². The Morgan fingerprint density at radius 1 is 1.12 bits per heavy atom. The fourth-order valence-corrected chi connectivity index (χ4v) is 2.00. The van der Waals surface area contributed by atoms with Gasteiger partial charge in [0.15, 0.2) is 5.96 Å². The van der Waals surface area contributed by atoms with Gasteiger partial charge in [-0.05, 0) is 36.4 Å². The first-order valence-corrected chi connectivity index (χ1v) is 7.51. The Morgan fingerprint density at radius 2 is 1.77 bits per heavy atom. The SMILES string of the molecule is I.NC(=NCCOc1ccccc1Cl)Nc1ccc(OC(F)(F)F)cc1. The summed E-state index contributed by atoms with van der Waals surface area (Å²) >= 11 is 5.95. The van der Waals surface area contributed by atoms with E-state index >= 15 is 0 Å². The molecule has 2 aromatic rings. The molecule has 0 saturated carbocycles. The van der Waals surface area contributed by atoms with Gasteiger partial charge in [0.1, 0.15) is 18.1 Å². The topological polar surface area (TPSA) is 68.9 Å². The van der Waals surface area contributed by atoms with E-state index in [4.69, 9.17) is 22.1 Å². The van der Waals surface area contributed by atoms with Crippen LogP contribution < -0.4 is 20.5 Å². The predicted molar refractivity (Wildman–Crippen MR) is 106 cm³/mol. The van der Waals surface area contributed by atoms with Crippen LogP contribution in [-0.2, 0) is 0 Å². The maximum atomic E-state index is 12.1. The second-order valence-corrected chi connectivity index (χ2v) is 5.15. The molecule has 0 saturated heterocycles. The normalized spacial score (nSPS) is 11.5. The number of anilines is 1. The first-order valence-electron chi connectivity index (χ1n) is 7.13. The Morgan fingerprint density at radius 3 is 2.38 bits per heavy atom. The molecule has 2 rings (SSSR count). The highest BCUT2D eigenvalue weighted by Gasteiger charge is 2.30. The maximum Gasteiger partial charge on any atom is 0.573 e. The van der Waals surface area contributed by atoms with E-state index in [-0.39, 0.29) is 48.8 Å². The highest BCUT2D eigenvalue weighted by molar-refractivity contribution is 14.0. The lowest BCUT2D eigenvalue weighted by Gasteiger charge is -2.10. The second-order valence-electron chi connectivity index (χ2n) is 4.74. The zero-order valence-corrected chi connectivity index (χ0v) is 16.4. The first-order chi connectivity index (χ1) is 11.8. The lowest BCUT2D eigenvalue weighted by molar-refractivity contribution is -0.274. The molecule has 5 nitrogen and oxygen atoms in total. The van der Waals surface area contributed by atoms with Gasteiger partial charge in [-0.3, -0.25) is 0 Å². The lowest BCUT2D eigenvalue weighted by Crippen LogP contribution is -2.23. The number of nitrogens with zero attached hydrogens (tertiary/aromatic N) is 1. The van der Waals surface area contributed by atoms with Crippen molar-refractivity contribution in [3.63, 3.8) is 0 Å². The summed E-state index contributed by atoms with van der Waals surface area (Å²) in [6.07, 6.45) is -4.73. The molecule has 0 fully saturated rings. The van der Waals surface area contributed by atoms with Gasteiger partial charge in [-0.1, -0.05) is 23.7 Å². The third kappa shape index (κ3) is 8.00. The van der Waals surface area contributed by atoms with E-state index in [0.717, 1.165) is 0 Å². The Labute approximate surface area is 170 Å². The van der Waals surface area contributed by atoms with Crippen molar-refractivity contribution in [1.82, 2.24) is 0 Å². The predicted octanol–water partition coefficient (Wildman–Crippen LogP) is 4.66. The van der Waals surface area contributed by atoms with Crippen LogP contribution >= 0.6 is 35.6 Å². The molecular weight excluding hydrogens is 486 g/mol. The van der Waals surface area contributed by atoms with Gasteiger partial charge < -0.3 is 20.5 Å². The van der Waals surface area contributed by atoms with Crippen molar-refractivity contribution in [2.24, 2.45) is 10.7 Å². The molecule has 10 heteroatoms. The number of para-hydroxylation sites is 1. The number of hydrogen-bond acceptors (Lipinski definition) is 3. The third-order valence-corrected chi connectivity index (χ3v) is 3.14. The largest absolute Gasteiger partial charge is 0.573 e. The van der Waals surface area contributed by atoms with Crippen molar-refractivity contribution in [1.29, 1.82) is 0 Å². The van der Waals surface area contributed by atoms with Gasteiger partial charge in [0.05, 0.1) is 11.6 Å². The van der Waals surface area contributed by atoms with Crippen molar-refractivity contribution < 1.29 is 22.6 Å². The molecule has 2 aromatic carbocycles. The standard InChI is InChI=1S/C16H15ClF3N3O2.HI/c17-13-3-1-2-4-14(13)24-10-9-22-15(21)23-11-5-7-12(8-6-11)25-16(18,19)20;/h1-8H,9-10H2,(H3,21,22,23);1H. The number of nitrogens with two attached hydrogens (primary N) is 1. The average Bonchev–Trinajstić information content (AvgIpc) is 2.54. The van der Waals surface area contributed by atoms with Gasteiger partial charge in [0, 0.05) is 5.69 Å². The van der Waals surface area contributed by atoms with Gasteiger partial charge in [0.2, 0.25) is 0 Å². The van der Waals surface area contributed by atoms with Crippen molar-refractivity contribution in [2.75, 3.05) is 18.5 Å². The zero-order valence-electron chi connectivity index (χ0n) is 13.3. The summed E-state index contributed by atoms with van der Waals surface area (Å²) in [7, 11) is 0. The molecule has 142 valence electrons. The molecule has 0 spiro atoms. The minimum Gasteiger partial charge on any atom is -0.490 e. The monoisotopic (exact) mass is 501 g/mol. The Kier molecular flexibility index (Phi) is 8.79. The van der Waals surface area contributed by atoms with Crippen LogP contribution in [0.4, 0.5) is 18.9 Å². The minimum absolute atomic E-state index is 0. The number of aliphatic imine (C=N–C) groups is 1. The molecule has 0 bridgehead atoms. The Balaban J connectivity index is 0.00000338. The van der Waals surface area contributed by atoms with E-state index in [1.807, 2.05) is 0 Å². The summed E-state index contributed by atoms with van der Waals surface area (Å²) in [5.74, 6) is 0.333. The summed E-state index contributed by atoms with van der Waals surface area (Å²) in [6.45, 7) is 0.545. The van der Waals surface area contributed by atoms with E-state index in [2.05, 4.69) is 15.0 Å². The molecule has 0 aliphatic heterocycles. The average molecular weight is 502 g/mol. The fourth-order valence-electron chi connectivity index (χ4n) is 1.81. The molecule has 26 heavy (non-hydrogen) atoms. The van der Waals surface area contributed by atoms with Crippen LogP contribution in [0.3, 0.4) is 0 Å². The van der Waals surface area contributed by atoms with Crippen molar-refractivity contribution in [3.8, 4) is 11.5 Å². The molecule has 0 radical (unpaired) electrons. The van der Waals surface area contributed by atoms with Crippen LogP contribution in [-0.4, -0.2) is 25.5 Å². The number of ether oxygens (including phenoxy) is 2. The number of alkyl halides is 3. The number of rotatable bonds is 6. The molecule has 3 N–H and O–H groups in total. The summed E-state index contributed by atoms with van der Waals surface area (Å²) in [5.41, 5.74) is 6.18. The van der Waals surface area contributed by atoms with Crippen LogP contribution in [0.1, 0.15) is 0 Å².